The Morgan fingerprint density at radius 1 is 1.28 bits per heavy atom. The van der Waals surface area contributed by atoms with Crippen LogP contribution in [0.2, 0.25) is 0 Å². The molecule has 0 radical (unpaired) electrons. The molecule has 1 heterocycles. The highest BCUT2D eigenvalue weighted by atomic mass is 16.4. The van der Waals surface area contributed by atoms with Gasteiger partial charge >= 0.3 is 12.0 Å². The second-order valence-corrected chi connectivity index (χ2v) is 4.68. The van der Waals surface area contributed by atoms with Gasteiger partial charge in [0.25, 0.3) is 0 Å². The van der Waals surface area contributed by atoms with E-state index in [2.05, 4.69) is 10.6 Å². The Morgan fingerprint density at radius 3 is 2.28 bits per heavy atom. The zero-order chi connectivity index (χ0) is 13.8. The SMILES string of the molecule is CNC(=O)CNC(=O)N1CCC(C)(C(=O)O)CC1. The van der Waals surface area contributed by atoms with E-state index in [0.29, 0.717) is 25.9 Å². The third-order valence-corrected chi connectivity index (χ3v) is 3.35. The Kier molecular flexibility index (Phi) is 4.52. The van der Waals surface area contributed by atoms with E-state index >= 15 is 0 Å². The topological polar surface area (TPSA) is 98.7 Å². The molecule has 0 aliphatic carbocycles. The summed E-state index contributed by atoms with van der Waals surface area (Å²) >= 11 is 0. The molecule has 1 fully saturated rings. The van der Waals surface area contributed by atoms with Crippen LogP contribution in [0.3, 0.4) is 0 Å². The first-order chi connectivity index (χ1) is 8.39. The van der Waals surface area contributed by atoms with E-state index in [4.69, 9.17) is 5.11 Å². The lowest BCUT2D eigenvalue weighted by molar-refractivity contribution is -0.150. The fraction of sp³-hybridized carbons (Fsp3) is 0.727. The van der Waals surface area contributed by atoms with Crippen LogP contribution in [0.25, 0.3) is 0 Å². The average molecular weight is 257 g/mol. The van der Waals surface area contributed by atoms with Crippen molar-refractivity contribution in [2.45, 2.75) is 19.8 Å². The first kappa shape index (κ1) is 14.3. The standard InChI is InChI=1S/C11H19N3O4/c1-11(9(16)17)3-5-14(6-4-11)10(18)13-7-8(15)12-2/h3-7H2,1-2H3,(H,12,15)(H,13,18)(H,16,17). The van der Waals surface area contributed by atoms with Crippen molar-refractivity contribution >= 4 is 17.9 Å². The number of nitrogens with one attached hydrogen (secondary N) is 2. The average Bonchev–Trinajstić information content (AvgIpc) is 2.36. The van der Waals surface area contributed by atoms with Crippen LogP contribution in [-0.4, -0.2) is 54.6 Å². The van der Waals surface area contributed by atoms with Crippen LogP contribution in [-0.2, 0) is 9.59 Å². The third-order valence-electron chi connectivity index (χ3n) is 3.35. The minimum absolute atomic E-state index is 0.0674. The summed E-state index contributed by atoms with van der Waals surface area (Å²) < 4.78 is 0. The van der Waals surface area contributed by atoms with E-state index in [1.165, 1.54) is 11.9 Å². The fourth-order valence-electron chi connectivity index (χ4n) is 1.77. The predicted octanol–water partition coefficient (Wildman–Crippen LogP) is -0.371. The molecule has 1 rings (SSSR count). The summed E-state index contributed by atoms with van der Waals surface area (Å²) in [6, 6.07) is -0.328. The van der Waals surface area contributed by atoms with E-state index < -0.39 is 11.4 Å². The zero-order valence-electron chi connectivity index (χ0n) is 10.7. The lowest BCUT2D eigenvalue weighted by Crippen LogP contribution is -2.50. The second-order valence-electron chi connectivity index (χ2n) is 4.68. The molecular formula is C11H19N3O4. The number of rotatable bonds is 3. The Morgan fingerprint density at radius 2 is 1.83 bits per heavy atom. The molecule has 3 amide bonds. The number of carbonyl (C=O) groups excluding carboxylic acids is 2. The fourth-order valence-corrected chi connectivity index (χ4v) is 1.77. The molecule has 0 aromatic carbocycles. The smallest absolute Gasteiger partial charge is 0.317 e. The number of urea groups is 1. The molecule has 0 spiro atoms. The van der Waals surface area contributed by atoms with Crippen molar-refractivity contribution in [1.29, 1.82) is 0 Å². The van der Waals surface area contributed by atoms with Crippen molar-refractivity contribution in [3.8, 4) is 0 Å². The highest BCUT2D eigenvalue weighted by Crippen LogP contribution is 2.30. The minimum atomic E-state index is -0.826. The van der Waals surface area contributed by atoms with Crippen LogP contribution in [0.4, 0.5) is 4.79 Å². The van der Waals surface area contributed by atoms with E-state index in [9.17, 15) is 14.4 Å². The first-order valence-electron chi connectivity index (χ1n) is 5.86. The zero-order valence-corrected chi connectivity index (χ0v) is 10.7. The van der Waals surface area contributed by atoms with Crippen molar-refractivity contribution in [2.75, 3.05) is 26.7 Å². The summed E-state index contributed by atoms with van der Waals surface area (Å²) in [6.07, 6.45) is 0.853. The number of likely N-dealkylation sites (N-methyl/N-ethyl adjacent to an activating group) is 1. The second kappa shape index (κ2) is 5.70. The number of carbonyl (C=O) groups is 3. The summed E-state index contributed by atoms with van der Waals surface area (Å²) in [4.78, 5) is 35.2. The molecule has 0 atom stereocenters. The number of likely N-dealkylation sites (tertiary alicyclic amines) is 1. The number of carboxylic acid groups (broad SMARTS) is 1. The lowest BCUT2D eigenvalue weighted by atomic mass is 9.80. The molecule has 3 N–H and O–H groups in total. The summed E-state index contributed by atoms with van der Waals surface area (Å²) in [5.41, 5.74) is -0.752. The molecule has 1 aliphatic heterocycles. The maximum atomic E-state index is 11.7. The number of hydrogen-bond acceptors (Lipinski definition) is 3. The Balaban J connectivity index is 2.41. The Labute approximate surface area is 106 Å². The molecule has 0 saturated carbocycles. The van der Waals surface area contributed by atoms with E-state index in [-0.39, 0.29) is 18.5 Å². The monoisotopic (exact) mass is 257 g/mol. The van der Waals surface area contributed by atoms with Gasteiger partial charge in [0.15, 0.2) is 0 Å². The van der Waals surface area contributed by atoms with Crippen molar-refractivity contribution in [1.82, 2.24) is 15.5 Å². The number of amides is 3. The maximum Gasteiger partial charge on any atom is 0.317 e. The van der Waals surface area contributed by atoms with Gasteiger partial charge in [0, 0.05) is 20.1 Å². The molecule has 18 heavy (non-hydrogen) atoms. The van der Waals surface area contributed by atoms with E-state index in [0.717, 1.165) is 0 Å². The van der Waals surface area contributed by atoms with Crippen LogP contribution < -0.4 is 10.6 Å². The third kappa shape index (κ3) is 3.35. The molecular weight excluding hydrogens is 238 g/mol. The van der Waals surface area contributed by atoms with Crippen LogP contribution in [0.15, 0.2) is 0 Å². The van der Waals surface area contributed by atoms with Gasteiger partial charge in [0.05, 0.1) is 12.0 Å². The highest BCUT2D eigenvalue weighted by molar-refractivity contribution is 5.84. The molecule has 1 saturated heterocycles. The number of aliphatic carboxylic acids is 1. The Hall–Kier alpha value is -1.79. The van der Waals surface area contributed by atoms with Crippen molar-refractivity contribution in [3.63, 3.8) is 0 Å². The highest BCUT2D eigenvalue weighted by Gasteiger charge is 2.37. The lowest BCUT2D eigenvalue weighted by Gasteiger charge is -2.36. The van der Waals surface area contributed by atoms with Gasteiger partial charge in [-0.2, -0.15) is 0 Å². The number of piperidine rings is 1. The molecule has 7 heteroatoms. The summed E-state index contributed by atoms with van der Waals surface area (Å²) in [5, 5.41) is 13.9. The normalized spacial score (nSPS) is 18.0. The molecule has 7 nitrogen and oxygen atoms in total. The van der Waals surface area contributed by atoms with E-state index in [1.54, 1.807) is 6.92 Å². The van der Waals surface area contributed by atoms with Crippen LogP contribution >= 0.6 is 0 Å². The summed E-state index contributed by atoms with van der Waals surface area (Å²) in [6.45, 7) is 2.40. The van der Waals surface area contributed by atoms with Crippen molar-refractivity contribution < 1.29 is 19.5 Å². The molecule has 0 aromatic heterocycles. The molecule has 0 aromatic rings. The van der Waals surface area contributed by atoms with E-state index in [1.807, 2.05) is 0 Å². The largest absolute Gasteiger partial charge is 0.481 e. The molecule has 0 unspecified atom stereocenters. The number of nitrogens with zero attached hydrogens (tertiary/aromatic N) is 1. The van der Waals surface area contributed by atoms with Gasteiger partial charge in [-0.25, -0.2) is 4.79 Å². The predicted molar refractivity (Wildman–Crippen MR) is 64.0 cm³/mol. The van der Waals surface area contributed by atoms with Gasteiger partial charge in [-0.05, 0) is 19.8 Å². The number of hydrogen-bond donors (Lipinski definition) is 3. The van der Waals surface area contributed by atoms with Gasteiger partial charge < -0.3 is 20.6 Å². The summed E-state index contributed by atoms with van der Waals surface area (Å²) in [7, 11) is 1.49. The van der Waals surface area contributed by atoms with Crippen LogP contribution in [0.1, 0.15) is 19.8 Å². The van der Waals surface area contributed by atoms with Gasteiger partial charge in [0.2, 0.25) is 5.91 Å². The van der Waals surface area contributed by atoms with Crippen molar-refractivity contribution in [3.05, 3.63) is 0 Å². The van der Waals surface area contributed by atoms with Crippen LogP contribution in [0, 0.1) is 5.41 Å². The van der Waals surface area contributed by atoms with Gasteiger partial charge in [-0.15, -0.1) is 0 Å². The minimum Gasteiger partial charge on any atom is -0.481 e. The first-order valence-corrected chi connectivity index (χ1v) is 5.86. The quantitative estimate of drug-likeness (QED) is 0.642. The van der Waals surface area contributed by atoms with Crippen molar-refractivity contribution in [2.24, 2.45) is 5.41 Å². The van der Waals surface area contributed by atoms with Crippen LogP contribution in [0.5, 0.6) is 0 Å². The van der Waals surface area contributed by atoms with Gasteiger partial charge in [-0.1, -0.05) is 0 Å². The Bertz CT molecular complexity index is 348. The van der Waals surface area contributed by atoms with Gasteiger partial charge in [0.1, 0.15) is 0 Å². The molecule has 1 aliphatic rings. The summed E-state index contributed by atoms with van der Waals surface area (Å²) in [5.74, 6) is -1.09. The molecule has 102 valence electrons. The number of carboxylic acids is 1. The maximum absolute atomic E-state index is 11.7. The van der Waals surface area contributed by atoms with Gasteiger partial charge in [-0.3, -0.25) is 9.59 Å². The molecule has 0 bridgehead atoms.